The van der Waals surface area contributed by atoms with Gasteiger partial charge in [0.2, 0.25) is 0 Å². The van der Waals surface area contributed by atoms with Crippen LogP contribution in [0.4, 0.5) is 5.69 Å². The molecule has 0 saturated carbocycles. The first-order chi connectivity index (χ1) is 7.38. The molecule has 0 heterocycles. The van der Waals surface area contributed by atoms with E-state index in [-0.39, 0.29) is 0 Å². The minimum atomic E-state index is 1.19. The molecular formula is C14H23N. The topological polar surface area (TPSA) is 3.24 Å². The summed E-state index contributed by atoms with van der Waals surface area (Å²) in [5.74, 6) is 0. The first kappa shape index (κ1) is 12.1. The SMILES string of the molecule is CCCCN(CCCC)c1ccccc1. The smallest absolute Gasteiger partial charge is 0.0366 e. The molecule has 0 amide bonds. The van der Waals surface area contributed by atoms with E-state index >= 15 is 0 Å². The summed E-state index contributed by atoms with van der Waals surface area (Å²) in [6, 6.07) is 10.8. The van der Waals surface area contributed by atoms with Crippen LogP contribution in [0.15, 0.2) is 30.3 Å². The third kappa shape index (κ3) is 4.37. The molecule has 0 aliphatic heterocycles. The molecule has 84 valence electrons. The Morgan fingerprint density at radius 2 is 1.40 bits per heavy atom. The van der Waals surface area contributed by atoms with Gasteiger partial charge in [0.15, 0.2) is 0 Å². The van der Waals surface area contributed by atoms with Crippen molar-refractivity contribution in [2.24, 2.45) is 0 Å². The molecule has 0 radical (unpaired) electrons. The summed E-state index contributed by atoms with van der Waals surface area (Å²) in [5.41, 5.74) is 1.37. The summed E-state index contributed by atoms with van der Waals surface area (Å²) in [5, 5.41) is 0. The van der Waals surface area contributed by atoms with Crippen molar-refractivity contribution in [3.63, 3.8) is 0 Å². The third-order valence-electron chi connectivity index (χ3n) is 2.68. The van der Waals surface area contributed by atoms with Crippen molar-refractivity contribution in [3.05, 3.63) is 30.3 Å². The summed E-state index contributed by atoms with van der Waals surface area (Å²) < 4.78 is 0. The van der Waals surface area contributed by atoms with Crippen molar-refractivity contribution < 1.29 is 0 Å². The highest BCUT2D eigenvalue weighted by Gasteiger charge is 2.03. The first-order valence-corrected chi connectivity index (χ1v) is 6.18. The van der Waals surface area contributed by atoms with Gasteiger partial charge in [0.05, 0.1) is 0 Å². The summed E-state index contributed by atoms with van der Waals surface area (Å²) in [4.78, 5) is 2.51. The van der Waals surface area contributed by atoms with Crippen LogP contribution in [0.2, 0.25) is 0 Å². The average molecular weight is 205 g/mol. The van der Waals surface area contributed by atoms with Gasteiger partial charge in [-0.2, -0.15) is 0 Å². The molecule has 0 N–H and O–H groups in total. The molecule has 15 heavy (non-hydrogen) atoms. The Morgan fingerprint density at radius 3 is 1.87 bits per heavy atom. The van der Waals surface area contributed by atoms with E-state index in [9.17, 15) is 0 Å². The van der Waals surface area contributed by atoms with Crippen LogP contribution in [0.25, 0.3) is 0 Å². The Balaban J connectivity index is 2.55. The molecule has 0 aliphatic carbocycles. The number of hydrogen-bond acceptors (Lipinski definition) is 1. The molecular weight excluding hydrogens is 182 g/mol. The number of rotatable bonds is 7. The second-order valence-electron chi connectivity index (χ2n) is 4.03. The summed E-state index contributed by atoms with van der Waals surface area (Å²) in [6.45, 7) is 6.90. The van der Waals surface area contributed by atoms with Gasteiger partial charge in [-0.05, 0) is 25.0 Å². The van der Waals surface area contributed by atoms with Crippen molar-refractivity contribution in [1.29, 1.82) is 0 Å². The van der Waals surface area contributed by atoms with Gasteiger partial charge in [-0.15, -0.1) is 0 Å². The fourth-order valence-corrected chi connectivity index (χ4v) is 1.71. The van der Waals surface area contributed by atoms with Crippen LogP contribution in [0.3, 0.4) is 0 Å². The average Bonchev–Trinajstić information content (AvgIpc) is 2.30. The van der Waals surface area contributed by atoms with Gasteiger partial charge in [0.25, 0.3) is 0 Å². The number of anilines is 1. The lowest BCUT2D eigenvalue weighted by atomic mass is 10.2. The molecule has 0 bridgehead atoms. The van der Waals surface area contributed by atoms with Gasteiger partial charge < -0.3 is 4.90 Å². The number of hydrogen-bond donors (Lipinski definition) is 0. The highest BCUT2D eigenvalue weighted by atomic mass is 15.1. The van der Waals surface area contributed by atoms with E-state index in [2.05, 4.69) is 49.1 Å². The summed E-state index contributed by atoms with van der Waals surface area (Å²) >= 11 is 0. The van der Waals surface area contributed by atoms with E-state index in [1.165, 1.54) is 44.5 Å². The Labute approximate surface area is 94.1 Å². The quantitative estimate of drug-likeness (QED) is 0.648. The van der Waals surface area contributed by atoms with Crippen LogP contribution in [-0.4, -0.2) is 13.1 Å². The van der Waals surface area contributed by atoms with Gasteiger partial charge >= 0.3 is 0 Å². The van der Waals surface area contributed by atoms with Crippen molar-refractivity contribution in [2.75, 3.05) is 18.0 Å². The van der Waals surface area contributed by atoms with Gasteiger partial charge in [0, 0.05) is 18.8 Å². The number of unbranched alkanes of at least 4 members (excludes halogenated alkanes) is 2. The van der Waals surface area contributed by atoms with E-state index in [1.807, 2.05) is 0 Å². The van der Waals surface area contributed by atoms with E-state index in [0.717, 1.165) is 0 Å². The molecule has 0 saturated heterocycles. The lowest BCUT2D eigenvalue weighted by Gasteiger charge is -2.24. The van der Waals surface area contributed by atoms with E-state index < -0.39 is 0 Å². The highest BCUT2D eigenvalue weighted by molar-refractivity contribution is 5.45. The highest BCUT2D eigenvalue weighted by Crippen LogP contribution is 2.14. The molecule has 0 aliphatic rings. The predicted octanol–water partition coefficient (Wildman–Crippen LogP) is 4.09. The van der Waals surface area contributed by atoms with Gasteiger partial charge in [-0.25, -0.2) is 0 Å². The first-order valence-electron chi connectivity index (χ1n) is 6.18. The van der Waals surface area contributed by atoms with Crippen LogP contribution in [-0.2, 0) is 0 Å². The fourth-order valence-electron chi connectivity index (χ4n) is 1.71. The maximum absolute atomic E-state index is 2.51. The van der Waals surface area contributed by atoms with Crippen LogP contribution in [0, 0.1) is 0 Å². The third-order valence-corrected chi connectivity index (χ3v) is 2.68. The van der Waals surface area contributed by atoms with Crippen molar-refractivity contribution in [1.82, 2.24) is 0 Å². The number of benzene rings is 1. The molecule has 1 nitrogen and oxygen atoms in total. The number of para-hydroxylation sites is 1. The van der Waals surface area contributed by atoms with Crippen molar-refractivity contribution in [2.45, 2.75) is 39.5 Å². The molecule has 0 spiro atoms. The Hall–Kier alpha value is -0.980. The fraction of sp³-hybridized carbons (Fsp3) is 0.571. The lowest BCUT2D eigenvalue weighted by molar-refractivity contribution is 0.678. The van der Waals surface area contributed by atoms with E-state index in [4.69, 9.17) is 0 Å². The second kappa shape index (κ2) is 7.33. The standard InChI is InChI=1S/C14H23N/c1-3-5-12-15(13-6-4-2)14-10-8-7-9-11-14/h7-11H,3-6,12-13H2,1-2H3. The van der Waals surface area contributed by atoms with Gasteiger partial charge in [-0.3, -0.25) is 0 Å². The molecule has 0 atom stereocenters. The van der Waals surface area contributed by atoms with E-state index in [1.54, 1.807) is 0 Å². The maximum Gasteiger partial charge on any atom is 0.0366 e. The predicted molar refractivity (Wildman–Crippen MR) is 68.5 cm³/mol. The Kier molecular flexibility index (Phi) is 5.91. The lowest BCUT2D eigenvalue weighted by Crippen LogP contribution is -2.25. The van der Waals surface area contributed by atoms with Crippen LogP contribution < -0.4 is 4.90 Å². The zero-order valence-electron chi connectivity index (χ0n) is 10.1. The maximum atomic E-state index is 2.51. The van der Waals surface area contributed by atoms with Crippen molar-refractivity contribution >= 4 is 5.69 Å². The molecule has 1 rings (SSSR count). The Morgan fingerprint density at radius 1 is 0.867 bits per heavy atom. The van der Waals surface area contributed by atoms with Gasteiger partial charge in [0.1, 0.15) is 0 Å². The molecule has 1 aromatic carbocycles. The minimum Gasteiger partial charge on any atom is -0.372 e. The summed E-state index contributed by atoms with van der Waals surface area (Å²) in [6.07, 6.45) is 5.13. The van der Waals surface area contributed by atoms with Gasteiger partial charge in [-0.1, -0.05) is 44.9 Å². The van der Waals surface area contributed by atoms with Crippen molar-refractivity contribution in [3.8, 4) is 0 Å². The molecule has 0 aromatic heterocycles. The summed E-state index contributed by atoms with van der Waals surface area (Å²) in [7, 11) is 0. The molecule has 1 heteroatoms. The molecule has 0 unspecified atom stereocenters. The van der Waals surface area contributed by atoms with E-state index in [0.29, 0.717) is 0 Å². The number of nitrogens with zero attached hydrogens (tertiary/aromatic N) is 1. The Bertz CT molecular complexity index is 235. The second-order valence-corrected chi connectivity index (χ2v) is 4.03. The van der Waals surface area contributed by atoms with Crippen LogP contribution in [0.1, 0.15) is 39.5 Å². The molecule has 0 fully saturated rings. The minimum absolute atomic E-state index is 1.19. The monoisotopic (exact) mass is 205 g/mol. The largest absolute Gasteiger partial charge is 0.372 e. The normalized spacial score (nSPS) is 10.3. The van der Waals surface area contributed by atoms with Crippen LogP contribution in [0.5, 0.6) is 0 Å². The molecule has 1 aromatic rings. The zero-order chi connectivity index (χ0) is 10.9. The zero-order valence-corrected chi connectivity index (χ0v) is 10.1. The van der Waals surface area contributed by atoms with Crippen LogP contribution >= 0.6 is 0 Å².